The number of rotatable bonds is 8. The van der Waals surface area contributed by atoms with Crippen LogP contribution in [-0.2, 0) is 6.54 Å². The zero-order valence-corrected chi connectivity index (χ0v) is 20.4. The normalized spacial score (nSPS) is 13.5. The molecule has 0 radical (unpaired) electrons. The monoisotopic (exact) mass is 491 g/mol. The molecule has 0 saturated carbocycles. The number of anilines is 1. The predicted octanol–water partition coefficient (Wildman–Crippen LogP) is 4.02. The Balaban J connectivity index is 1.46. The molecule has 4 aromatic rings. The number of aryl methyl sites for hydroxylation is 1. The van der Waals surface area contributed by atoms with Crippen LogP contribution in [-0.4, -0.2) is 59.1 Å². The number of hydrogen-bond acceptors (Lipinski definition) is 7. The first kappa shape index (κ1) is 23.1. The highest BCUT2D eigenvalue weighted by molar-refractivity contribution is 7.22. The molecule has 3 aromatic heterocycles. The molecule has 8 nitrogen and oxygen atoms in total. The van der Waals surface area contributed by atoms with Crippen molar-refractivity contribution in [3.8, 4) is 21.7 Å². The zero-order chi connectivity index (χ0) is 24.4. The largest absolute Gasteiger partial charge is 0.352 e. The van der Waals surface area contributed by atoms with Crippen LogP contribution in [0.25, 0.3) is 31.8 Å². The number of halogens is 1. The zero-order valence-electron chi connectivity index (χ0n) is 19.6. The number of pyridine rings is 1. The fraction of sp³-hybridized carbons (Fsp3) is 0.280. The fourth-order valence-electron chi connectivity index (χ4n) is 4.24. The number of thiophene rings is 1. The van der Waals surface area contributed by atoms with Crippen LogP contribution in [0.5, 0.6) is 0 Å². The highest BCUT2D eigenvalue weighted by atomic mass is 32.1. The van der Waals surface area contributed by atoms with E-state index in [2.05, 4.69) is 38.1 Å². The van der Waals surface area contributed by atoms with Crippen LogP contribution in [0.4, 0.5) is 15.1 Å². The van der Waals surface area contributed by atoms with Crippen LogP contribution in [0, 0.1) is 12.9 Å². The van der Waals surface area contributed by atoms with Crippen molar-refractivity contribution in [1.82, 2.24) is 30.5 Å². The average Bonchev–Trinajstić information content (AvgIpc) is 3.47. The van der Waals surface area contributed by atoms with Gasteiger partial charge in [-0.25, -0.2) is 19.7 Å². The molecule has 3 N–H and O–H groups in total. The van der Waals surface area contributed by atoms with E-state index < -0.39 is 5.95 Å². The first-order chi connectivity index (χ1) is 17.0. The van der Waals surface area contributed by atoms with Crippen molar-refractivity contribution in [3.63, 3.8) is 0 Å². The van der Waals surface area contributed by atoms with Gasteiger partial charge < -0.3 is 20.9 Å². The van der Waals surface area contributed by atoms with Crippen molar-refractivity contribution < 1.29 is 9.18 Å². The van der Waals surface area contributed by atoms with Crippen molar-refractivity contribution in [3.05, 3.63) is 59.8 Å². The maximum absolute atomic E-state index is 14.1. The van der Waals surface area contributed by atoms with Crippen LogP contribution in [0.2, 0.25) is 0 Å². The van der Waals surface area contributed by atoms with Gasteiger partial charge in [-0.1, -0.05) is 18.2 Å². The Kier molecular flexibility index (Phi) is 6.56. The van der Waals surface area contributed by atoms with E-state index >= 15 is 0 Å². The molecule has 0 atom stereocenters. The SMILES string of the molecule is CNCc1cnc(F)cc1-c1cccc2cc(-c3nc(NCCN4CCNC4=O)ncc3C)sc12. The summed E-state index contributed by atoms with van der Waals surface area (Å²) >= 11 is 1.63. The molecular weight excluding hydrogens is 465 g/mol. The Morgan fingerprint density at radius 2 is 2.09 bits per heavy atom. The smallest absolute Gasteiger partial charge is 0.317 e. The number of amides is 2. The third kappa shape index (κ3) is 4.80. The van der Waals surface area contributed by atoms with Crippen molar-refractivity contribution >= 4 is 33.4 Å². The quantitative estimate of drug-likeness (QED) is 0.322. The summed E-state index contributed by atoms with van der Waals surface area (Å²) in [5.74, 6) is 0.0257. The molecule has 4 heterocycles. The fourth-order valence-corrected chi connectivity index (χ4v) is 5.48. The molecule has 0 aliphatic carbocycles. The van der Waals surface area contributed by atoms with E-state index in [4.69, 9.17) is 4.98 Å². The number of fused-ring (bicyclic) bond motifs is 1. The van der Waals surface area contributed by atoms with Gasteiger partial charge in [0.05, 0.1) is 10.6 Å². The third-order valence-corrected chi connectivity index (χ3v) is 7.16. The highest BCUT2D eigenvalue weighted by Gasteiger charge is 2.19. The summed E-state index contributed by atoms with van der Waals surface area (Å²) < 4.78 is 15.2. The van der Waals surface area contributed by atoms with Gasteiger partial charge in [0.2, 0.25) is 11.9 Å². The molecule has 5 rings (SSSR count). The molecule has 1 aromatic carbocycles. The molecule has 35 heavy (non-hydrogen) atoms. The van der Waals surface area contributed by atoms with Crippen LogP contribution < -0.4 is 16.0 Å². The van der Waals surface area contributed by atoms with Gasteiger partial charge >= 0.3 is 6.03 Å². The van der Waals surface area contributed by atoms with Crippen molar-refractivity contribution in [2.75, 3.05) is 38.5 Å². The standard InChI is InChI=1S/C25H26FN7OS/c1-15-12-31-24(28-6-8-33-9-7-29-25(33)34)32-22(15)20-10-16-4-3-5-18(23(16)35-20)19-11-21(26)30-14-17(19)13-27-2/h3-5,10-12,14,27H,6-9,13H2,1-2H3,(H,29,34)(H,28,31,32). The summed E-state index contributed by atoms with van der Waals surface area (Å²) in [6, 6.07) is 9.65. The molecule has 180 valence electrons. The topological polar surface area (TPSA) is 95.1 Å². The number of nitrogens with zero attached hydrogens (tertiary/aromatic N) is 4. The molecule has 10 heteroatoms. The second-order valence-electron chi connectivity index (χ2n) is 8.40. The maximum Gasteiger partial charge on any atom is 0.317 e. The van der Waals surface area contributed by atoms with Gasteiger partial charge in [0, 0.05) is 61.4 Å². The van der Waals surface area contributed by atoms with Crippen LogP contribution in [0.3, 0.4) is 0 Å². The minimum atomic E-state index is -0.498. The van der Waals surface area contributed by atoms with E-state index in [1.54, 1.807) is 22.4 Å². The van der Waals surface area contributed by atoms with E-state index in [-0.39, 0.29) is 6.03 Å². The molecule has 0 bridgehead atoms. The summed E-state index contributed by atoms with van der Waals surface area (Å²) in [6.45, 7) is 5.12. The molecule has 1 aliphatic rings. The second kappa shape index (κ2) is 9.93. The number of nitrogens with one attached hydrogen (secondary N) is 3. The number of aromatic nitrogens is 3. The molecular formula is C25H26FN7OS. The number of urea groups is 1. The van der Waals surface area contributed by atoms with Crippen molar-refractivity contribution in [2.24, 2.45) is 0 Å². The Morgan fingerprint density at radius 1 is 1.20 bits per heavy atom. The number of benzene rings is 1. The molecule has 1 fully saturated rings. The summed E-state index contributed by atoms with van der Waals surface area (Å²) in [4.78, 5) is 27.5. The lowest BCUT2D eigenvalue weighted by molar-refractivity contribution is 0.219. The Labute approximate surface area is 206 Å². The number of carbonyl (C=O) groups is 1. The highest BCUT2D eigenvalue weighted by Crippen LogP contribution is 2.40. The van der Waals surface area contributed by atoms with Gasteiger partial charge in [0.15, 0.2) is 0 Å². The third-order valence-electron chi connectivity index (χ3n) is 5.97. The second-order valence-corrected chi connectivity index (χ2v) is 9.45. The van der Waals surface area contributed by atoms with Gasteiger partial charge in [-0.15, -0.1) is 11.3 Å². The average molecular weight is 492 g/mol. The van der Waals surface area contributed by atoms with E-state index in [1.165, 1.54) is 6.07 Å². The minimum absolute atomic E-state index is 0.0367. The number of hydrogen-bond donors (Lipinski definition) is 3. The van der Waals surface area contributed by atoms with Crippen molar-refractivity contribution in [2.45, 2.75) is 13.5 Å². The molecule has 1 aliphatic heterocycles. The van der Waals surface area contributed by atoms with E-state index in [9.17, 15) is 9.18 Å². The van der Waals surface area contributed by atoms with Crippen LogP contribution in [0.1, 0.15) is 11.1 Å². The van der Waals surface area contributed by atoms with Gasteiger partial charge in [-0.3, -0.25) is 0 Å². The van der Waals surface area contributed by atoms with Crippen LogP contribution in [0.15, 0.2) is 42.7 Å². The molecule has 0 unspecified atom stereocenters. The summed E-state index contributed by atoms with van der Waals surface area (Å²) in [5, 5.41) is 10.2. The Bertz CT molecular complexity index is 1390. The summed E-state index contributed by atoms with van der Waals surface area (Å²) in [6.07, 6.45) is 3.40. The maximum atomic E-state index is 14.1. The first-order valence-corrected chi connectivity index (χ1v) is 12.3. The molecule has 2 amide bonds. The van der Waals surface area contributed by atoms with Gasteiger partial charge in [-0.05, 0) is 42.1 Å². The Morgan fingerprint density at radius 3 is 2.89 bits per heavy atom. The predicted molar refractivity (Wildman–Crippen MR) is 137 cm³/mol. The lowest BCUT2D eigenvalue weighted by atomic mass is 10.0. The molecule has 1 saturated heterocycles. The first-order valence-electron chi connectivity index (χ1n) is 11.5. The van der Waals surface area contributed by atoms with Crippen LogP contribution >= 0.6 is 11.3 Å². The van der Waals surface area contributed by atoms with Crippen molar-refractivity contribution in [1.29, 1.82) is 0 Å². The molecule has 0 spiro atoms. The van der Waals surface area contributed by atoms with E-state index in [0.29, 0.717) is 38.7 Å². The van der Waals surface area contributed by atoms with Gasteiger partial charge in [0.1, 0.15) is 0 Å². The van der Waals surface area contributed by atoms with E-state index in [1.807, 2.05) is 32.3 Å². The lowest BCUT2D eigenvalue weighted by Crippen LogP contribution is -2.32. The summed E-state index contributed by atoms with van der Waals surface area (Å²) in [7, 11) is 1.86. The minimum Gasteiger partial charge on any atom is -0.352 e. The summed E-state index contributed by atoms with van der Waals surface area (Å²) in [5.41, 5.74) is 4.56. The number of carbonyl (C=O) groups excluding carboxylic acids is 1. The Hall–Kier alpha value is -3.63. The van der Waals surface area contributed by atoms with Gasteiger partial charge in [0.25, 0.3) is 0 Å². The lowest BCUT2D eigenvalue weighted by Gasteiger charge is -2.14. The van der Waals surface area contributed by atoms with E-state index in [0.717, 1.165) is 42.9 Å². The van der Waals surface area contributed by atoms with Gasteiger partial charge in [-0.2, -0.15) is 4.39 Å².